The van der Waals surface area contributed by atoms with Crippen molar-refractivity contribution in [3.05, 3.63) is 60.0 Å². The molecule has 22 heavy (non-hydrogen) atoms. The molecule has 4 nitrogen and oxygen atoms in total. The molecule has 2 N–H and O–H groups in total. The third-order valence-corrected chi connectivity index (χ3v) is 4.58. The minimum absolute atomic E-state index is 0.360. The monoisotopic (exact) mass is 293 g/mol. The van der Waals surface area contributed by atoms with Gasteiger partial charge in [0.25, 0.3) is 0 Å². The van der Waals surface area contributed by atoms with Gasteiger partial charge in [-0.05, 0) is 48.2 Å². The van der Waals surface area contributed by atoms with Crippen molar-refractivity contribution in [2.45, 2.75) is 18.9 Å². The zero-order valence-electron chi connectivity index (χ0n) is 12.4. The Morgan fingerprint density at radius 3 is 3.18 bits per heavy atom. The summed E-state index contributed by atoms with van der Waals surface area (Å²) in [5.41, 5.74) is 3.69. The lowest BCUT2D eigenvalue weighted by atomic mass is 9.98. The molecular weight excluding hydrogens is 274 g/mol. The molecule has 3 heterocycles. The van der Waals surface area contributed by atoms with Crippen molar-refractivity contribution in [3.8, 4) is 5.75 Å². The average Bonchev–Trinajstić information content (AvgIpc) is 3.16. The first-order chi connectivity index (χ1) is 10.8. The van der Waals surface area contributed by atoms with Crippen LogP contribution in [0.15, 0.2) is 48.9 Å². The van der Waals surface area contributed by atoms with Crippen molar-refractivity contribution in [3.63, 3.8) is 0 Å². The van der Waals surface area contributed by atoms with Gasteiger partial charge in [-0.1, -0.05) is 12.1 Å². The van der Waals surface area contributed by atoms with Gasteiger partial charge in [-0.2, -0.15) is 0 Å². The second-order valence-corrected chi connectivity index (χ2v) is 6.05. The van der Waals surface area contributed by atoms with Crippen LogP contribution in [0.25, 0.3) is 10.9 Å². The van der Waals surface area contributed by atoms with E-state index in [2.05, 4.69) is 27.1 Å². The van der Waals surface area contributed by atoms with E-state index in [1.54, 1.807) is 6.07 Å². The van der Waals surface area contributed by atoms with Crippen molar-refractivity contribution < 1.29 is 5.11 Å². The molecule has 0 amide bonds. The normalized spacial score (nSPS) is 19.0. The lowest BCUT2D eigenvalue weighted by Gasteiger charge is -2.16. The molecule has 1 aromatic carbocycles. The van der Waals surface area contributed by atoms with Gasteiger partial charge in [-0.3, -0.25) is 9.88 Å². The number of nitrogens with zero attached hydrogens (tertiary/aromatic N) is 2. The summed E-state index contributed by atoms with van der Waals surface area (Å²) >= 11 is 0. The number of pyridine rings is 1. The molecule has 1 aliphatic heterocycles. The summed E-state index contributed by atoms with van der Waals surface area (Å²) in [6.07, 6.45) is 6.98. The zero-order chi connectivity index (χ0) is 14.9. The summed E-state index contributed by atoms with van der Waals surface area (Å²) in [5.74, 6) is 0.870. The highest BCUT2D eigenvalue weighted by molar-refractivity contribution is 5.81. The van der Waals surface area contributed by atoms with E-state index in [9.17, 15) is 5.11 Å². The van der Waals surface area contributed by atoms with E-state index < -0.39 is 0 Å². The SMILES string of the molecule is Oc1cccc(C2CCN(Cc3c[nH]c4ccncc34)C2)c1. The van der Waals surface area contributed by atoms with E-state index in [1.807, 2.05) is 30.6 Å². The molecule has 0 bridgehead atoms. The number of aromatic amines is 1. The lowest BCUT2D eigenvalue weighted by molar-refractivity contribution is 0.328. The van der Waals surface area contributed by atoms with Crippen LogP contribution in [-0.2, 0) is 6.54 Å². The third kappa shape index (κ3) is 2.46. The van der Waals surface area contributed by atoms with E-state index >= 15 is 0 Å². The fraction of sp³-hybridized carbons (Fsp3) is 0.278. The minimum Gasteiger partial charge on any atom is -0.508 e. The van der Waals surface area contributed by atoms with Gasteiger partial charge in [0.1, 0.15) is 5.75 Å². The number of H-pyrrole nitrogens is 1. The summed E-state index contributed by atoms with van der Waals surface area (Å²) in [4.78, 5) is 10.0. The molecule has 0 saturated carbocycles. The second-order valence-electron chi connectivity index (χ2n) is 6.05. The van der Waals surface area contributed by atoms with Crippen LogP contribution in [0.2, 0.25) is 0 Å². The number of benzene rings is 1. The number of phenols is 1. The Labute approximate surface area is 129 Å². The molecule has 2 aromatic heterocycles. The maximum Gasteiger partial charge on any atom is 0.115 e. The largest absolute Gasteiger partial charge is 0.508 e. The van der Waals surface area contributed by atoms with Crippen LogP contribution >= 0.6 is 0 Å². The summed E-state index contributed by atoms with van der Waals surface area (Å²) in [6.45, 7) is 3.07. The molecule has 3 aromatic rings. The van der Waals surface area contributed by atoms with Crippen molar-refractivity contribution >= 4 is 10.9 Å². The molecule has 1 saturated heterocycles. The molecule has 1 aliphatic rings. The fourth-order valence-electron chi connectivity index (χ4n) is 3.42. The smallest absolute Gasteiger partial charge is 0.115 e. The maximum atomic E-state index is 9.64. The molecule has 1 unspecified atom stereocenters. The topological polar surface area (TPSA) is 52.1 Å². The lowest BCUT2D eigenvalue weighted by Crippen LogP contribution is -2.19. The first-order valence-corrected chi connectivity index (χ1v) is 7.71. The number of fused-ring (bicyclic) bond motifs is 1. The number of nitrogens with one attached hydrogen (secondary N) is 1. The number of aromatic hydroxyl groups is 1. The first-order valence-electron chi connectivity index (χ1n) is 7.71. The number of aromatic nitrogens is 2. The highest BCUT2D eigenvalue weighted by atomic mass is 16.3. The Balaban J connectivity index is 1.49. The van der Waals surface area contributed by atoms with E-state index in [0.717, 1.165) is 31.6 Å². The first kappa shape index (κ1) is 13.3. The van der Waals surface area contributed by atoms with E-state index in [-0.39, 0.29) is 0 Å². The van der Waals surface area contributed by atoms with Gasteiger partial charge in [0.05, 0.1) is 0 Å². The molecular formula is C18H19N3O. The summed E-state index contributed by atoms with van der Waals surface area (Å²) in [6, 6.07) is 9.68. The summed E-state index contributed by atoms with van der Waals surface area (Å²) in [7, 11) is 0. The Morgan fingerprint density at radius 1 is 1.32 bits per heavy atom. The summed E-state index contributed by atoms with van der Waals surface area (Å²) < 4.78 is 0. The van der Waals surface area contributed by atoms with Crippen molar-refractivity contribution in [1.29, 1.82) is 0 Å². The fourth-order valence-corrected chi connectivity index (χ4v) is 3.42. The Kier molecular flexibility index (Phi) is 3.31. The maximum absolute atomic E-state index is 9.64. The zero-order valence-corrected chi connectivity index (χ0v) is 12.4. The minimum atomic E-state index is 0.360. The molecule has 1 fully saturated rings. The van der Waals surface area contributed by atoms with Crippen LogP contribution in [0.4, 0.5) is 0 Å². The van der Waals surface area contributed by atoms with Gasteiger partial charge in [0, 0.05) is 42.6 Å². The highest BCUT2D eigenvalue weighted by Crippen LogP contribution is 2.30. The van der Waals surface area contributed by atoms with E-state index in [1.165, 1.54) is 16.5 Å². The van der Waals surface area contributed by atoms with Gasteiger partial charge in [0.15, 0.2) is 0 Å². The predicted octanol–water partition coefficient (Wildman–Crippen LogP) is 3.26. The number of rotatable bonds is 3. The standard InChI is InChI=1S/C18H19N3O/c22-16-3-1-2-13(8-16)14-5-7-21(11-14)12-15-9-20-18-4-6-19-10-17(15)18/h1-4,6,8-10,14,20,22H,5,7,11-12H2. The van der Waals surface area contributed by atoms with Crippen molar-refractivity contribution in [2.75, 3.05) is 13.1 Å². The Morgan fingerprint density at radius 2 is 2.27 bits per heavy atom. The molecule has 112 valence electrons. The van der Waals surface area contributed by atoms with Gasteiger partial charge in [-0.25, -0.2) is 0 Å². The van der Waals surface area contributed by atoms with E-state index in [4.69, 9.17) is 0 Å². The molecule has 4 rings (SSSR count). The molecule has 4 heteroatoms. The van der Waals surface area contributed by atoms with E-state index in [0.29, 0.717) is 11.7 Å². The molecule has 0 spiro atoms. The Hall–Kier alpha value is -2.33. The number of likely N-dealkylation sites (tertiary alicyclic amines) is 1. The van der Waals surface area contributed by atoms with Crippen LogP contribution < -0.4 is 0 Å². The number of phenolic OH excluding ortho intramolecular Hbond substituents is 1. The van der Waals surface area contributed by atoms with Gasteiger partial charge < -0.3 is 10.1 Å². The Bertz CT molecular complexity index is 796. The molecule has 0 aliphatic carbocycles. The third-order valence-electron chi connectivity index (χ3n) is 4.58. The average molecular weight is 293 g/mol. The van der Waals surface area contributed by atoms with Gasteiger partial charge in [0.2, 0.25) is 0 Å². The van der Waals surface area contributed by atoms with Crippen LogP contribution in [0, 0.1) is 0 Å². The predicted molar refractivity (Wildman–Crippen MR) is 86.8 cm³/mol. The van der Waals surface area contributed by atoms with Crippen LogP contribution in [0.1, 0.15) is 23.5 Å². The van der Waals surface area contributed by atoms with Crippen LogP contribution in [-0.4, -0.2) is 33.1 Å². The number of hydrogen-bond acceptors (Lipinski definition) is 3. The highest BCUT2D eigenvalue weighted by Gasteiger charge is 2.24. The molecule has 0 radical (unpaired) electrons. The van der Waals surface area contributed by atoms with Crippen molar-refractivity contribution in [2.24, 2.45) is 0 Å². The molecule has 1 atom stereocenters. The quantitative estimate of drug-likeness (QED) is 0.779. The number of hydrogen-bond donors (Lipinski definition) is 2. The van der Waals surface area contributed by atoms with Crippen LogP contribution in [0.5, 0.6) is 5.75 Å². The van der Waals surface area contributed by atoms with Crippen LogP contribution in [0.3, 0.4) is 0 Å². The van der Waals surface area contributed by atoms with Gasteiger partial charge >= 0.3 is 0 Å². The second kappa shape index (κ2) is 5.46. The summed E-state index contributed by atoms with van der Waals surface area (Å²) in [5, 5.41) is 10.9. The van der Waals surface area contributed by atoms with Crippen molar-refractivity contribution in [1.82, 2.24) is 14.9 Å². The van der Waals surface area contributed by atoms with Gasteiger partial charge in [-0.15, -0.1) is 0 Å².